The van der Waals surface area contributed by atoms with E-state index in [0.29, 0.717) is 5.41 Å². The number of fused-ring (bicyclic) bond motifs is 1. The minimum atomic E-state index is 0.0657. The fourth-order valence-electron chi connectivity index (χ4n) is 3.50. The van der Waals surface area contributed by atoms with Crippen LogP contribution in [0.2, 0.25) is 0 Å². The molecular weight excluding hydrogens is 212 g/mol. The van der Waals surface area contributed by atoms with Gasteiger partial charge in [0.05, 0.1) is 6.61 Å². The Labute approximate surface area is 104 Å². The topological polar surface area (TPSA) is 18.5 Å². The molecule has 0 N–H and O–H groups in total. The number of hydrogen-bond donors (Lipinski definition) is 0. The lowest BCUT2D eigenvalue weighted by molar-refractivity contribution is -0.158. The van der Waals surface area contributed by atoms with Crippen molar-refractivity contribution >= 4 is 0 Å². The first-order chi connectivity index (χ1) is 8.16. The molecule has 0 spiro atoms. The van der Waals surface area contributed by atoms with Gasteiger partial charge in [0.15, 0.2) is 6.29 Å². The highest BCUT2D eigenvalue weighted by atomic mass is 16.7. The summed E-state index contributed by atoms with van der Waals surface area (Å²) in [5, 5.41) is 0. The van der Waals surface area contributed by atoms with Crippen LogP contribution in [0.15, 0.2) is 11.6 Å². The van der Waals surface area contributed by atoms with Gasteiger partial charge in [-0.3, -0.25) is 0 Å². The van der Waals surface area contributed by atoms with Gasteiger partial charge in [-0.2, -0.15) is 0 Å². The van der Waals surface area contributed by atoms with Crippen molar-refractivity contribution in [2.24, 2.45) is 17.3 Å². The van der Waals surface area contributed by atoms with E-state index in [1.807, 2.05) is 0 Å². The zero-order valence-corrected chi connectivity index (χ0v) is 11.1. The minimum absolute atomic E-state index is 0.0657. The average molecular weight is 236 g/mol. The number of ether oxygens (including phenoxy) is 2. The van der Waals surface area contributed by atoms with E-state index in [4.69, 9.17) is 9.47 Å². The van der Waals surface area contributed by atoms with Crippen LogP contribution in [-0.4, -0.2) is 19.5 Å². The maximum absolute atomic E-state index is 5.87. The van der Waals surface area contributed by atoms with Crippen LogP contribution in [0.5, 0.6) is 0 Å². The van der Waals surface area contributed by atoms with Gasteiger partial charge in [0.2, 0.25) is 0 Å². The molecule has 2 fully saturated rings. The van der Waals surface area contributed by atoms with Crippen molar-refractivity contribution in [2.75, 3.05) is 13.2 Å². The molecule has 3 aliphatic carbocycles. The molecule has 2 bridgehead atoms. The average Bonchev–Trinajstić information content (AvgIpc) is 2.38. The summed E-state index contributed by atoms with van der Waals surface area (Å²) in [6.45, 7) is 6.49. The summed E-state index contributed by atoms with van der Waals surface area (Å²) < 4.78 is 11.5. The Morgan fingerprint density at radius 1 is 1.41 bits per heavy atom. The molecule has 0 radical (unpaired) electrons. The van der Waals surface area contributed by atoms with E-state index in [2.05, 4.69) is 19.9 Å². The van der Waals surface area contributed by atoms with Gasteiger partial charge in [-0.05, 0) is 54.9 Å². The molecule has 4 rings (SSSR count). The fraction of sp³-hybridized carbons (Fsp3) is 0.867. The van der Waals surface area contributed by atoms with Crippen LogP contribution in [0.3, 0.4) is 0 Å². The van der Waals surface area contributed by atoms with E-state index in [1.165, 1.54) is 31.3 Å². The molecule has 0 aromatic carbocycles. The highest BCUT2D eigenvalue weighted by Crippen LogP contribution is 2.57. The zero-order valence-electron chi connectivity index (χ0n) is 11.1. The zero-order chi connectivity index (χ0) is 11.9. The number of rotatable bonds is 3. The largest absolute Gasteiger partial charge is 0.353 e. The van der Waals surface area contributed by atoms with Crippen molar-refractivity contribution in [3.63, 3.8) is 0 Å². The predicted molar refractivity (Wildman–Crippen MR) is 67.6 cm³/mol. The highest BCUT2D eigenvalue weighted by Gasteiger charge is 2.49. The van der Waals surface area contributed by atoms with Gasteiger partial charge in [0, 0.05) is 6.61 Å². The monoisotopic (exact) mass is 236 g/mol. The van der Waals surface area contributed by atoms with E-state index in [-0.39, 0.29) is 6.29 Å². The first kappa shape index (κ1) is 11.7. The Morgan fingerprint density at radius 2 is 2.29 bits per heavy atom. The quantitative estimate of drug-likeness (QED) is 0.698. The summed E-state index contributed by atoms with van der Waals surface area (Å²) in [7, 11) is 0. The third-order valence-corrected chi connectivity index (χ3v) is 5.08. The maximum Gasteiger partial charge on any atom is 0.158 e. The van der Waals surface area contributed by atoms with Gasteiger partial charge in [0.1, 0.15) is 0 Å². The highest BCUT2D eigenvalue weighted by molar-refractivity contribution is 5.21. The number of hydrogen-bond acceptors (Lipinski definition) is 2. The van der Waals surface area contributed by atoms with E-state index < -0.39 is 0 Å². The molecule has 4 aliphatic rings. The molecule has 0 amide bonds. The van der Waals surface area contributed by atoms with E-state index >= 15 is 0 Å². The molecule has 96 valence electrons. The van der Waals surface area contributed by atoms with Crippen molar-refractivity contribution in [2.45, 2.75) is 52.2 Å². The first-order valence-corrected chi connectivity index (χ1v) is 7.09. The lowest BCUT2D eigenvalue weighted by Crippen LogP contribution is -2.47. The Bertz CT molecular complexity index is 313. The second-order valence-electron chi connectivity index (χ2n) is 6.50. The Kier molecular flexibility index (Phi) is 3.04. The fourth-order valence-corrected chi connectivity index (χ4v) is 3.50. The van der Waals surface area contributed by atoms with Crippen molar-refractivity contribution < 1.29 is 9.47 Å². The lowest BCUT2D eigenvalue weighted by atomic mass is 9.50. The molecule has 1 saturated carbocycles. The van der Waals surface area contributed by atoms with Crippen LogP contribution in [0.25, 0.3) is 0 Å². The Balaban J connectivity index is 1.50. The van der Waals surface area contributed by atoms with Gasteiger partial charge in [0.25, 0.3) is 0 Å². The third-order valence-electron chi connectivity index (χ3n) is 5.08. The second-order valence-corrected chi connectivity index (χ2v) is 6.50. The summed E-state index contributed by atoms with van der Waals surface area (Å²) in [6.07, 6.45) is 8.71. The number of allylic oxidation sites excluding steroid dienone is 1. The van der Waals surface area contributed by atoms with Crippen molar-refractivity contribution in [3.05, 3.63) is 11.6 Å². The summed E-state index contributed by atoms with van der Waals surface area (Å²) >= 11 is 0. The predicted octanol–water partition coefficient (Wildman–Crippen LogP) is 3.52. The van der Waals surface area contributed by atoms with Crippen LogP contribution in [-0.2, 0) is 9.47 Å². The summed E-state index contributed by atoms with van der Waals surface area (Å²) in [5.41, 5.74) is 2.06. The third kappa shape index (κ3) is 2.17. The molecule has 1 unspecified atom stereocenters. The smallest absolute Gasteiger partial charge is 0.158 e. The van der Waals surface area contributed by atoms with E-state index in [9.17, 15) is 0 Å². The molecule has 3 atom stereocenters. The molecule has 17 heavy (non-hydrogen) atoms. The maximum atomic E-state index is 5.87. The molecule has 0 aromatic heterocycles. The summed E-state index contributed by atoms with van der Waals surface area (Å²) in [5.74, 6) is 1.69. The molecule has 2 heteroatoms. The van der Waals surface area contributed by atoms with Gasteiger partial charge in [-0.1, -0.05) is 19.9 Å². The van der Waals surface area contributed by atoms with Crippen LogP contribution in [0.4, 0.5) is 0 Å². The molecule has 1 saturated heterocycles. The van der Waals surface area contributed by atoms with E-state index in [1.54, 1.807) is 0 Å². The van der Waals surface area contributed by atoms with Gasteiger partial charge in [-0.25, -0.2) is 0 Å². The molecule has 1 aliphatic heterocycles. The van der Waals surface area contributed by atoms with Crippen LogP contribution in [0.1, 0.15) is 46.0 Å². The Hall–Kier alpha value is -0.340. The van der Waals surface area contributed by atoms with Gasteiger partial charge < -0.3 is 9.47 Å². The SMILES string of the molecule is CC1(C)[C@@H]2CC(COC3CCCCO3)=C[C@H]1C2. The molecular formula is C15H24O2. The Morgan fingerprint density at radius 3 is 2.88 bits per heavy atom. The van der Waals surface area contributed by atoms with Crippen LogP contribution in [0, 0.1) is 17.3 Å². The van der Waals surface area contributed by atoms with Crippen LogP contribution < -0.4 is 0 Å². The van der Waals surface area contributed by atoms with Gasteiger partial charge in [-0.15, -0.1) is 0 Å². The summed E-state index contributed by atoms with van der Waals surface area (Å²) in [4.78, 5) is 0. The van der Waals surface area contributed by atoms with Crippen molar-refractivity contribution in [1.29, 1.82) is 0 Å². The molecule has 2 nitrogen and oxygen atoms in total. The molecule has 1 heterocycles. The molecule has 0 aromatic rings. The normalized spacial score (nSPS) is 39.4. The summed E-state index contributed by atoms with van der Waals surface area (Å²) in [6, 6.07) is 0. The minimum Gasteiger partial charge on any atom is -0.353 e. The van der Waals surface area contributed by atoms with Gasteiger partial charge >= 0.3 is 0 Å². The van der Waals surface area contributed by atoms with E-state index in [0.717, 1.165) is 31.5 Å². The second kappa shape index (κ2) is 4.40. The lowest BCUT2D eigenvalue weighted by Gasteiger charge is -2.55. The standard InChI is InChI=1S/C15H24O2/c1-15(2)12-7-11(8-13(15)9-12)10-17-14-5-3-4-6-16-14/h7,12-14H,3-6,8-10H2,1-2H3/t12-,13+,14?/m0/s1. The van der Waals surface area contributed by atoms with Crippen LogP contribution >= 0.6 is 0 Å². The van der Waals surface area contributed by atoms with Crippen molar-refractivity contribution in [1.82, 2.24) is 0 Å². The van der Waals surface area contributed by atoms with Crippen molar-refractivity contribution in [3.8, 4) is 0 Å². The first-order valence-electron chi connectivity index (χ1n) is 7.09.